The van der Waals surface area contributed by atoms with Crippen LogP contribution in [0.25, 0.3) is 0 Å². The van der Waals surface area contributed by atoms with Crippen molar-refractivity contribution >= 4 is 0 Å². The maximum atomic E-state index is 4.10. The summed E-state index contributed by atoms with van der Waals surface area (Å²) < 4.78 is 0. The van der Waals surface area contributed by atoms with Gasteiger partial charge in [-0.2, -0.15) is 0 Å². The summed E-state index contributed by atoms with van der Waals surface area (Å²) in [5.74, 6) is 0.912. The van der Waals surface area contributed by atoms with Crippen LogP contribution < -0.4 is 5.32 Å². The molecule has 0 aliphatic heterocycles. The molecule has 0 aromatic carbocycles. The van der Waals surface area contributed by atoms with Crippen molar-refractivity contribution in [2.45, 2.75) is 57.7 Å². The summed E-state index contributed by atoms with van der Waals surface area (Å²) in [6.45, 7) is 3.32. The molecular weight excluding hydrogens is 246 g/mol. The minimum atomic E-state index is 0.634. The van der Waals surface area contributed by atoms with Crippen LogP contribution in [0.1, 0.15) is 44.6 Å². The van der Waals surface area contributed by atoms with Crippen molar-refractivity contribution in [2.24, 2.45) is 5.92 Å². The number of hydrogen-bond donors (Lipinski definition) is 1. The lowest BCUT2D eigenvalue weighted by atomic mass is 9.79. The molecule has 1 heterocycles. The molecule has 1 N–H and O–H groups in total. The Morgan fingerprint density at radius 1 is 1.30 bits per heavy atom. The van der Waals surface area contributed by atoms with Crippen molar-refractivity contribution in [3.63, 3.8) is 0 Å². The molecular formula is C17H29N3. The number of likely N-dealkylation sites (N-methyl/N-ethyl adjacent to an activating group) is 2. The number of rotatable bonds is 6. The molecule has 1 aliphatic carbocycles. The molecule has 2 rings (SSSR count). The van der Waals surface area contributed by atoms with E-state index in [-0.39, 0.29) is 0 Å². The minimum absolute atomic E-state index is 0.634. The van der Waals surface area contributed by atoms with E-state index in [1.807, 2.05) is 12.4 Å². The van der Waals surface area contributed by atoms with Crippen molar-refractivity contribution in [1.82, 2.24) is 15.2 Å². The minimum Gasteiger partial charge on any atom is -0.315 e. The zero-order valence-electron chi connectivity index (χ0n) is 13.2. The van der Waals surface area contributed by atoms with Gasteiger partial charge >= 0.3 is 0 Å². The Kier molecular flexibility index (Phi) is 5.99. The third-order valence-electron chi connectivity index (χ3n) is 4.74. The summed E-state index contributed by atoms with van der Waals surface area (Å²) in [5.41, 5.74) is 1.36. The summed E-state index contributed by atoms with van der Waals surface area (Å²) in [6, 6.07) is 5.53. The van der Waals surface area contributed by atoms with Crippen molar-refractivity contribution < 1.29 is 0 Å². The lowest BCUT2D eigenvalue weighted by Gasteiger charge is -2.41. The van der Waals surface area contributed by atoms with Gasteiger partial charge in [-0.25, -0.2) is 0 Å². The van der Waals surface area contributed by atoms with Crippen LogP contribution in [0.5, 0.6) is 0 Å². The molecule has 0 bridgehead atoms. The predicted molar refractivity (Wildman–Crippen MR) is 84.6 cm³/mol. The summed E-state index contributed by atoms with van der Waals surface area (Å²) in [5, 5.41) is 3.53. The van der Waals surface area contributed by atoms with Gasteiger partial charge in [0.2, 0.25) is 0 Å². The van der Waals surface area contributed by atoms with Crippen LogP contribution in [0.15, 0.2) is 24.5 Å². The lowest BCUT2D eigenvalue weighted by Crippen LogP contribution is -2.50. The number of nitrogens with one attached hydrogen (secondary N) is 1. The van der Waals surface area contributed by atoms with Crippen LogP contribution >= 0.6 is 0 Å². The number of pyridine rings is 1. The Bertz CT molecular complexity index is 379. The Morgan fingerprint density at radius 3 is 2.70 bits per heavy atom. The Hall–Kier alpha value is -0.930. The van der Waals surface area contributed by atoms with E-state index in [1.54, 1.807) is 0 Å². The smallest absolute Gasteiger partial charge is 0.0271 e. The first kappa shape index (κ1) is 15.5. The van der Waals surface area contributed by atoms with Gasteiger partial charge < -0.3 is 5.32 Å². The van der Waals surface area contributed by atoms with Gasteiger partial charge in [-0.15, -0.1) is 0 Å². The monoisotopic (exact) mass is 275 g/mol. The van der Waals surface area contributed by atoms with E-state index in [1.165, 1.54) is 37.7 Å². The summed E-state index contributed by atoms with van der Waals surface area (Å²) in [6.07, 6.45) is 10.5. The summed E-state index contributed by atoms with van der Waals surface area (Å²) in [4.78, 5) is 6.63. The fraction of sp³-hybridized carbons (Fsp3) is 0.706. The quantitative estimate of drug-likeness (QED) is 0.865. The molecule has 3 atom stereocenters. The van der Waals surface area contributed by atoms with Crippen molar-refractivity contribution in [3.8, 4) is 0 Å². The molecule has 3 heteroatoms. The first-order valence-electron chi connectivity index (χ1n) is 8.01. The molecule has 1 aromatic heterocycles. The molecule has 1 aliphatic rings. The molecule has 1 saturated carbocycles. The fourth-order valence-electron chi connectivity index (χ4n) is 3.62. The van der Waals surface area contributed by atoms with Gasteiger partial charge in [0, 0.05) is 31.0 Å². The first-order chi connectivity index (χ1) is 9.74. The summed E-state index contributed by atoms with van der Waals surface area (Å²) >= 11 is 0. The van der Waals surface area contributed by atoms with Gasteiger partial charge in [-0.05, 0) is 57.0 Å². The average Bonchev–Trinajstić information content (AvgIpc) is 2.48. The van der Waals surface area contributed by atoms with Gasteiger partial charge in [0.05, 0.1) is 0 Å². The maximum absolute atomic E-state index is 4.10. The van der Waals surface area contributed by atoms with Crippen molar-refractivity contribution in [3.05, 3.63) is 30.1 Å². The standard InChI is InChI=1S/C17H29N3/c1-4-5-14-6-7-16(18-2)17(12-14)20(3)13-15-8-10-19-11-9-15/h8-11,14,16-18H,4-7,12-13H2,1-3H3. The van der Waals surface area contributed by atoms with E-state index in [0.717, 1.165) is 12.5 Å². The largest absolute Gasteiger partial charge is 0.315 e. The normalized spacial score (nSPS) is 26.9. The number of hydrogen-bond acceptors (Lipinski definition) is 3. The van der Waals surface area contributed by atoms with Crippen LogP contribution in [0.2, 0.25) is 0 Å². The second kappa shape index (κ2) is 7.75. The molecule has 3 nitrogen and oxygen atoms in total. The SMILES string of the molecule is CCCC1CCC(NC)C(N(C)Cc2ccncc2)C1. The Labute approximate surface area is 123 Å². The maximum Gasteiger partial charge on any atom is 0.0271 e. The van der Waals surface area contributed by atoms with Gasteiger partial charge in [0.15, 0.2) is 0 Å². The molecule has 20 heavy (non-hydrogen) atoms. The zero-order chi connectivity index (χ0) is 14.4. The first-order valence-corrected chi connectivity index (χ1v) is 8.01. The number of aromatic nitrogens is 1. The molecule has 0 amide bonds. The second-order valence-corrected chi connectivity index (χ2v) is 6.20. The van der Waals surface area contributed by atoms with E-state index < -0.39 is 0 Å². The van der Waals surface area contributed by atoms with E-state index in [0.29, 0.717) is 12.1 Å². The van der Waals surface area contributed by atoms with Crippen LogP contribution in [0, 0.1) is 5.92 Å². The molecule has 3 unspecified atom stereocenters. The third kappa shape index (κ3) is 4.03. The highest BCUT2D eigenvalue weighted by molar-refractivity contribution is 5.09. The third-order valence-corrected chi connectivity index (χ3v) is 4.74. The highest BCUT2D eigenvalue weighted by Gasteiger charge is 2.31. The molecule has 0 radical (unpaired) electrons. The second-order valence-electron chi connectivity index (χ2n) is 6.20. The lowest BCUT2D eigenvalue weighted by molar-refractivity contribution is 0.114. The van der Waals surface area contributed by atoms with E-state index >= 15 is 0 Å². The molecule has 0 saturated heterocycles. The Morgan fingerprint density at radius 2 is 2.05 bits per heavy atom. The molecule has 1 fully saturated rings. The molecule has 112 valence electrons. The van der Waals surface area contributed by atoms with Gasteiger partial charge in [-0.1, -0.05) is 19.8 Å². The zero-order valence-corrected chi connectivity index (χ0v) is 13.2. The van der Waals surface area contributed by atoms with Crippen LogP contribution in [0.4, 0.5) is 0 Å². The fourth-order valence-corrected chi connectivity index (χ4v) is 3.62. The van der Waals surface area contributed by atoms with E-state index in [2.05, 4.69) is 48.4 Å². The highest BCUT2D eigenvalue weighted by Crippen LogP contribution is 2.31. The average molecular weight is 275 g/mol. The predicted octanol–water partition coefficient (Wildman–Crippen LogP) is 3.07. The van der Waals surface area contributed by atoms with Crippen LogP contribution in [0.3, 0.4) is 0 Å². The van der Waals surface area contributed by atoms with Gasteiger partial charge in [0.25, 0.3) is 0 Å². The Balaban J connectivity index is 1.98. The topological polar surface area (TPSA) is 28.2 Å². The van der Waals surface area contributed by atoms with E-state index in [4.69, 9.17) is 0 Å². The van der Waals surface area contributed by atoms with Crippen LogP contribution in [-0.2, 0) is 6.54 Å². The molecule has 1 aromatic rings. The van der Waals surface area contributed by atoms with Gasteiger partial charge in [0.1, 0.15) is 0 Å². The van der Waals surface area contributed by atoms with Gasteiger partial charge in [-0.3, -0.25) is 9.88 Å². The highest BCUT2D eigenvalue weighted by atomic mass is 15.2. The van der Waals surface area contributed by atoms with E-state index in [9.17, 15) is 0 Å². The number of nitrogens with zero attached hydrogens (tertiary/aromatic N) is 2. The van der Waals surface area contributed by atoms with Crippen molar-refractivity contribution in [1.29, 1.82) is 0 Å². The summed E-state index contributed by atoms with van der Waals surface area (Å²) in [7, 11) is 4.38. The molecule has 0 spiro atoms. The van der Waals surface area contributed by atoms with Crippen LogP contribution in [-0.4, -0.2) is 36.1 Å². The van der Waals surface area contributed by atoms with Crippen molar-refractivity contribution in [2.75, 3.05) is 14.1 Å².